The Balaban J connectivity index is 1.64. The predicted octanol–water partition coefficient (Wildman–Crippen LogP) is 3.51. The molecule has 142 valence electrons. The highest BCUT2D eigenvalue weighted by molar-refractivity contribution is 5.83. The highest BCUT2D eigenvalue weighted by Crippen LogP contribution is 2.31. The second-order valence-corrected chi connectivity index (χ2v) is 7.84. The van der Waals surface area contributed by atoms with Crippen LogP contribution in [-0.2, 0) is 6.54 Å². The standard InChI is InChI=1S/C22H29N5/c1-4-26-13-9-22(10-14-26,25(2)3)17-27-15-12-24-21(27)19-7-8-20-18(16-19)6-5-11-23-20/h5-8,11-12,15-16H,4,9-10,13-14,17H2,1-3H3. The highest BCUT2D eigenvalue weighted by Gasteiger charge is 2.37. The summed E-state index contributed by atoms with van der Waals surface area (Å²) >= 11 is 0. The Bertz CT molecular complexity index is 906. The number of benzene rings is 1. The van der Waals surface area contributed by atoms with E-state index in [0.717, 1.165) is 35.4 Å². The van der Waals surface area contributed by atoms with Crippen molar-refractivity contribution in [2.24, 2.45) is 0 Å². The Kier molecular flexibility index (Phi) is 4.98. The normalized spacial score (nSPS) is 17.6. The van der Waals surface area contributed by atoms with Crippen molar-refractivity contribution in [3.8, 4) is 11.4 Å². The van der Waals surface area contributed by atoms with Crippen molar-refractivity contribution in [1.29, 1.82) is 0 Å². The molecular formula is C22H29N5. The molecule has 5 heteroatoms. The molecule has 5 nitrogen and oxygen atoms in total. The Hall–Kier alpha value is -2.24. The maximum atomic E-state index is 4.69. The van der Waals surface area contributed by atoms with Crippen LogP contribution >= 0.6 is 0 Å². The lowest BCUT2D eigenvalue weighted by atomic mass is 9.86. The summed E-state index contributed by atoms with van der Waals surface area (Å²) in [6.07, 6.45) is 8.26. The van der Waals surface area contributed by atoms with Crippen LogP contribution in [0, 0.1) is 0 Å². The van der Waals surface area contributed by atoms with E-state index in [-0.39, 0.29) is 5.54 Å². The SMILES string of the molecule is CCN1CCC(Cn2ccnc2-c2ccc3ncccc3c2)(N(C)C)CC1. The van der Waals surface area contributed by atoms with Crippen molar-refractivity contribution in [3.63, 3.8) is 0 Å². The largest absolute Gasteiger partial charge is 0.329 e. The van der Waals surface area contributed by atoms with Gasteiger partial charge in [-0.05, 0) is 70.8 Å². The molecule has 3 aromatic rings. The van der Waals surface area contributed by atoms with Crippen LogP contribution < -0.4 is 0 Å². The monoisotopic (exact) mass is 363 g/mol. The van der Waals surface area contributed by atoms with E-state index in [1.165, 1.54) is 25.9 Å². The fourth-order valence-corrected chi connectivity index (χ4v) is 4.26. The summed E-state index contributed by atoms with van der Waals surface area (Å²) in [6, 6.07) is 10.5. The Labute approximate surface area is 161 Å². The van der Waals surface area contributed by atoms with Crippen molar-refractivity contribution in [2.45, 2.75) is 31.8 Å². The molecule has 4 rings (SSSR count). The first-order chi connectivity index (χ1) is 13.1. The van der Waals surface area contributed by atoms with E-state index in [1.807, 2.05) is 18.5 Å². The molecule has 0 unspecified atom stereocenters. The van der Waals surface area contributed by atoms with Gasteiger partial charge >= 0.3 is 0 Å². The average molecular weight is 364 g/mol. The molecule has 0 aliphatic carbocycles. The van der Waals surface area contributed by atoms with Gasteiger partial charge in [0, 0.05) is 41.6 Å². The molecule has 1 aliphatic heterocycles. The van der Waals surface area contributed by atoms with E-state index in [2.05, 4.69) is 70.8 Å². The summed E-state index contributed by atoms with van der Waals surface area (Å²) in [5.74, 6) is 1.04. The third-order valence-electron chi connectivity index (χ3n) is 6.22. The number of imidazole rings is 1. The first kappa shape index (κ1) is 18.1. The quantitative estimate of drug-likeness (QED) is 0.695. The number of nitrogens with zero attached hydrogens (tertiary/aromatic N) is 5. The molecule has 0 radical (unpaired) electrons. The molecule has 1 aliphatic rings. The zero-order chi connectivity index (χ0) is 18.9. The van der Waals surface area contributed by atoms with Crippen molar-refractivity contribution in [2.75, 3.05) is 33.7 Å². The van der Waals surface area contributed by atoms with E-state index in [4.69, 9.17) is 4.98 Å². The molecule has 1 aromatic carbocycles. The lowest BCUT2D eigenvalue weighted by molar-refractivity contribution is 0.0444. The Morgan fingerprint density at radius 3 is 2.63 bits per heavy atom. The topological polar surface area (TPSA) is 37.2 Å². The molecule has 1 fully saturated rings. The summed E-state index contributed by atoms with van der Waals surface area (Å²) in [5.41, 5.74) is 2.36. The number of piperidine rings is 1. The second kappa shape index (κ2) is 7.41. The van der Waals surface area contributed by atoms with Gasteiger partial charge in [-0.3, -0.25) is 4.98 Å². The van der Waals surface area contributed by atoms with E-state index in [1.54, 1.807) is 0 Å². The van der Waals surface area contributed by atoms with E-state index >= 15 is 0 Å². The van der Waals surface area contributed by atoms with Crippen LogP contribution in [0.2, 0.25) is 0 Å². The zero-order valence-electron chi connectivity index (χ0n) is 16.6. The molecule has 0 bridgehead atoms. The molecule has 0 amide bonds. The van der Waals surface area contributed by atoms with Crippen LogP contribution in [0.5, 0.6) is 0 Å². The smallest absolute Gasteiger partial charge is 0.139 e. The van der Waals surface area contributed by atoms with Gasteiger partial charge in [-0.1, -0.05) is 13.0 Å². The number of hydrogen-bond donors (Lipinski definition) is 0. The molecule has 0 spiro atoms. The highest BCUT2D eigenvalue weighted by atomic mass is 15.2. The first-order valence-corrected chi connectivity index (χ1v) is 9.87. The van der Waals surface area contributed by atoms with Crippen LogP contribution in [0.25, 0.3) is 22.3 Å². The van der Waals surface area contributed by atoms with Crippen molar-refractivity contribution in [3.05, 3.63) is 48.9 Å². The molecular weight excluding hydrogens is 334 g/mol. The van der Waals surface area contributed by atoms with Crippen molar-refractivity contribution < 1.29 is 0 Å². The lowest BCUT2D eigenvalue weighted by Gasteiger charge is -2.46. The van der Waals surface area contributed by atoms with Crippen LogP contribution in [0.15, 0.2) is 48.9 Å². The summed E-state index contributed by atoms with van der Waals surface area (Å²) in [5, 5.41) is 1.16. The maximum absolute atomic E-state index is 4.69. The van der Waals surface area contributed by atoms with Gasteiger partial charge in [0.25, 0.3) is 0 Å². The van der Waals surface area contributed by atoms with Crippen LogP contribution in [0.1, 0.15) is 19.8 Å². The number of rotatable bonds is 5. The van der Waals surface area contributed by atoms with Gasteiger partial charge in [0.2, 0.25) is 0 Å². The molecule has 1 saturated heterocycles. The second-order valence-electron chi connectivity index (χ2n) is 7.84. The molecule has 2 aromatic heterocycles. The van der Waals surface area contributed by atoms with Crippen LogP contribution in [-0.4, -0.2) is 63.6 Å². The number of fused-ring (bicyclic) bond motifs is 1. The molecule has 0 atom stereocenters. The summed E-state index contributed by atoms with van der Waals surface area (Å²) < 4.78 is 2.33. The maximum Gasteiger partial charge on any atom is 0.139 e. The van der Waals surface area contributed by atoms with Gasteiger partial charge in [-0.25, -0.2) is 4.98 Å². The fraction of sp³-hybridized carbons (Fsp3) is 0.455. The average Bonchev–Trinajstić information content (AvgIpc) is 3.16. The van der Waals surface area contributed by atoms with Gasteiger partial charge in [-0.15, -0.1) is 0 Å². The van der Waals surface area contributed by atoms with Gasteiger partial charge in [0.15, 0.2) is 0 Å². The Morgan fingerprint density at radius 1 is 1.07 bits per heavy atom. The number of likely N-dealkylation sites (N-methyl/N-ethyl adjacent to an activating group) is 1. The summed E-state index contributed by atoms with van der Waals surface area (Å²) in [6.45, 7) is 6.70. The number of hydrogen-bond acceptors (Lipinski definition) is 4. The van der Waals surface area contributed by atoms with E-state index in [0.29, 0.717) is 0 Å². The Morgan fingerprint density at radius 2 is 1.89 bits per heavy atom. The van der Waals surface area contributed by atoms with Gasteiger partial charge < -0.3 is 14.4 Å². The van der Waals surface area contributed by atoms with Gasteiger partial charge in [0.1, 0.15) is 5.82 Å². The molecule has 0 saturated carbocycles. The van der Waals surface area contributed by atoms with E-state index in [9.17, 15) is 0 Å². The number of likely N-dealkylation sites (tertiary alicyclic amines) is 1. The number of pyridine rings is 1. The fourth-order valence-electron chi connectivity index (χ4n) is 4.26. The van der Waals surface area contributed by atoms with Gasteiger partial charge in [-0.2, -0.15) is 0 Å². The summed E-state index contributed by atoms with van der Waals surface area (Å²) in [7, 11) is 4.44. The van der Waals surface area contributed by atoms with Crippen LogP contribution in [0.4, 0.5) is 0 Å². The van der Waals surface area contributed by atoms with Gasteiger partial charge in [0.05, 0.1) is 5.52 Å². The third-order valence-corrected chi connectivity index (χ3v) is 6.22. The van der Waals surface area contributed by atoms with Crippen LogP contribution in [0.3, 0.4) is 0 Å². The molecule has 3 heterocycles. The molecule has 27 heavy (non-hydrogen) atoms. The number of aromatic nitrogens is 3. The minimum absolute atomic E-state index is 0.180. The lowest BCUT2D eigenvalue weighted by Crippen LogP contribution is -2.55. The predicted molar refractivity (Wildman–Crippen MR) is 111 cm³/mol. The zero-order valence-corrected chi connectivity index (χ0v) is 16.6. The molecule has 0 N–H and O–H groups in total. The minimum Gasteiger partial charge on any atom is -0.329 e. The summed E-state index contributed by atoms with van der Waals surface area (Å²) in [4.78, 5) is 14.1. The minimum atomic E-state index is 0.180. The first-order valence-electron chi connectivity index (χ1n) is 9.87. The van der Waals surface area contributed by atoms with Crippen molar-refractivity contribution >= 4 is 10.9 Å². The third kappa shape index (κ3) is 3.49. The van der Waals surface area contributed by atoms with Crippen molar-refractivity contribution in [1.82, 2.24) is 24.3 Å². The van der Waals surface area contributed by atoms with E-state index < -0.39 is 0 Å².